The zero-order valence-corrected chi connectivity index (χ0v) is 11.1. The molecule has 19 heavy (non-hydrogen) atoms. The van der Waals surface area contributed by atoms with Gasteiger partial charge in [0.25, 0.3) is 0 Å². The van der Waals surface area contributed by atoms with Crippen molar-refractivity contribution in [3.8, 4) is 0 Å². The van der Waals surface area contributed by atoms with Crippen molar-refractivity contribution in [3.05, 3.63) is 35.4 Å². The van der Waals surface area contributed by atoms with Gasteiger partial charge < -0.3 is 4.74 Å². The van der Waals surface area contributed by atoms with Crippen LogP contribution in [0, 0.1) is 11.6 Å². The van der Waals surface area contributed by atoms with E-state index in [2.05, 4.69) is 0 Å². The molecule has 0 N–H and O–H groups in total. The molecule has 1 fully saturated rings. The Morgan fingerprint density at radius 3 is 2.53 bits per heavy atom. The second kappa shape index (κ2) is 5.35. The van der Waals surface area contributed by atoms with E-state index in [1.165, 1.54) is 0 Å². The smallest absolute Gasteiger partial charge is 0.185 e. The van der Waals surface area contributed by atoms with Gasteiger partial charge in [-0.15, -0.1) is 0 Å². The van der Waals surface area contributed by atoms with Gasteiger partial charge >= 0.3 is 0 Å². The first-order chi connectivity index (χ1) is 8.93. The summed E-state index contributed by atoms with van der Waals surface area (Å²) in [5.74, 6) is -1.71. The fourth-order valence-corrected chi connectivity index (χ4v) is 2.27. The summed E-state index contributed by atoms with van der Waals surface area (Å²) in [6.07, 6.45) is 0. The number of ketones is 1. The average molecular weight is 269 g/mol. The third kappa shape index (κ3) is 2.82. The van der Waals surface area contributed by atoms with Crippen molar-refractivity contribution in [2.75, 3.05) is 26.3 Å². The number of hydrogen-bond acceptors (Lipinski definition) is 3. The number of halogens is 2. The number of rotatable bonds is 3. The summed E-state index contributed by atoms with van der Waals surface area (Å²) in [5, 5.41) is 0. The minimum absolute atomic E-state index is 0.198. The topological polar surface area (TPSA) is 29.5 Å². The first-order valence-electron chi connectivity index (χ1n) is 6.25. The molecule has 2 rings (SSSR count). The van der Waals surface area contributed by atoms with E-state index in [1.807, 2.05) is 4.90 Å². The van der Waals surface area contributed by atoms with Crippen molar-refractivity contribution in [2.24, 2.45) is 0 Å². The highest BCUT2D eigenvalue weighted by molar-refractivity contribution is 6.02. The Morgan fingerprint density at radius 1 is 1.26 bits per heavy atom. The molecule has 1 aromatic rings. The van der Waals surface area contributed by atoms with E-state index >= 15 is 0 Å². The van der Waals surface area contributed by atoms with Crippen molar-refractivity contribution in [2.45, 2.75) is 19.4 Å². The van der Waals surface area contributed by atoms with E-state index in [1.54, 1.807) is 13.8 Å². The number of Topliss-reactive ketones (excluding diaryl/α,β-unsaturated/α-hetero) is 1. The van der Waals surface area contributed by atoms with Gasteiger partial charge in [0.2, 0.25) is 0 Å². The molecular weight excluding hydrogens is 252 g/mol. The van der Waals surface area contributed by atoms with E-state index in [9.17, 15) is 13.6 Å². The zero-order chi connectivity index (χ0) is 14.0. The van der Waals surface area contributed by atoms with Gasteiger partial charge in [0, 0.05) is 13.1 Å². The summed E-state index contributed by atoms with van der Waals surface area (Å²) in [5.41, 5.74) is -1.07. The van der Waals surface area contributed by atoms with Gasteiger partial charge in [-0.25, -0.2) is 8.78 Å². The van der Waals surface area contributed by atoms with Gasteiger partial charge in [0.1, 0.15) is 11.6 Å². The second-order valence-corrected chi connectivity index (χ2v) is 5.11. The monoisotopic (exact) mass is 269 g/mol. The van der Waals surface area contributed by atoms with Crippen LogP contribution in [0.1, 0.15) is 24.2 Å². The molecule has 104 valence electrons. The summed E-state index contributed by atoms with van der Waals surface area (Å²) in [6.45, 7) is 5.76. The molecule has 0 unspecified atom stereocenters. The normalized spacial score (nSPS) is 17.5. The maximum Gasteiger partial charge on any atom is 0.185 e. The number of morpholine rings is 1. The average Bonchev–Trinajstić information content (AvgIpc) is 2.41. The Labute approximate surface area is 111 Å². The van der Waals surface area contributed by atoms with E-state index in [0.29, 0.717) is 26.3 Å². The Hall–Kier alpha value is -1.33. The Morgan fingerprint density at radius 2 is 1.89 bits per heavy atom. The Balaban J connectivity index is 2.28. The van der Waals surface area contributed by atoms with Crippen LogP contribution < -0.4 is 0 Å². The number of hydrogen-bond donors (Lipinski definition) is 0. The van der Waals surface area contributed by atoms with Gasteiger partial charge in [-0.2, -0.15) is 0 Å². The molecule has 5 heteroatoms. The van der Waals surface area contributed by atoms with Crippen LogP contribution in [0.3, 0.4) is 0 Å². The third-order valence-corrected chi connectivity index (χ3v) is 3.53. The van der Waals surface area contributed by atoms with Crippen LogP contribution in [-0.4, -0.2) is 42.5 Å². The second-order valence-electron chi connectivity index (χ2n) is 5.11. The summed E-state index contributed by atoms with van der Waals surface area (Å²) in [7, 11) is 0. The summed E-state index contributed by atoms with van der Waals surface area (Å²) in [6, 6.07) is 2.95. The molecule has 1 aliphatic rings. The minimum Gasteiger partial charge on any atom is -0.379 e. The summed E-state index contributed by atoms with van der Waals surface area (Å²) in [4.78, 5) is 14.4. The predicted octanol–water partition coefficient (Wildman–Crippen LogP) is 2.26. The molecule has 3 nitrogen and oxygen atoms in total. The molecule has 0 radical (unpaired) electrons. The van der Waals surface area contributed by atoms with E-state index < -0.39 is 23.0 Å². The SMILES string of the molecule is CC(C)(C(=O)c1cc(F)ccc1F)N1CCOCC1. The zero-order valence-electron chi connectivity index (χ0n) is 11.1. The van der Waals surface area contributed by atoms with Gasteiger partial charge in [0.15, 0.2) is 5.78 Å². The van der Waals surface area contributed by atoms with Crippen LogP contribution in [-0.2, 0) is 4.74 Å². The fraction of sp³-hybridized carbons (Fsp3) is 0.500. The number of benzene rings is 1. The summed E-state index contributed by atoms with van der Waals surface area (Å²) >= 11 is 0. The quantitative estimate of drug-likeness (QED) is 0.788. The lowest BCUT2D eigenvalue weighted by molar-refractivity contribution is -0.00444. The van der Waals surface area contributed by atoms with Crippen LogP contribution in [0.25, 0.3) is 0 Å². The molecule has 0 atom stereocenters. The summed E-state index contributed by atoms with van der Waals surface area (Å²) < 4.78 is 32.1. The molecule has 0 aromatic heterocycles. The van der Waals surface area contributed by atoms with Crippen LogP contribution in [0.2, 0.25) is 0 Å². The highest BCUT2D eigenvalue weighted by Crippen LogP contribution is 2.23. The van der Waals surface area contributed by atoms with E-state index in [0.717, 1.165) is 18.2 Å². The highest BCUT2D eigenvalue weighted by Gasteiger charge is 2.37. The van der Waals surface area contributed by atoms with Crippen molar-refractivity contribution in [3.63, 3.8) is 0 Å². The Bertz CT molecular complexity index is 482. The van der Waals surface area contributed by atoms with Crippen LogP contribution >= 0.6 is 0 Å². The van der Waals surface area contributed by atoms with Crippen molar-refractivity contribution in [1.82, 2.24) is 4.90 Å². The van der Waals surface area contributed by atoms with E-state index in [-0.39, 0.29) is 5.56 Å². The lowest BCUT2D eigenvalue weighted by atomic mass is 9.90. The highest BCUT2D eigenvalue weighted by atomic mass is 19.1. The fourth-order valence-electron chi connectivity index (χ4n) is 2.27. The predicted molar refractivity (Wildman–Crippen MR) is 67.2 cm³/mol. The van der Waals surface area contributed by atoms with Gasteiger partial charge in [-0.05, 0) is 32.0 Å². The molecule has 0 bridgehead atoms. The molecule has 0 aliphatic carbocycles. The van der Waals surface area contributed by atoms with Crippen molar-refractivity contribution < 1.29 is 18.3 Å². The van der Waals surface area contributed by atoms with E-state index in [4.69, 9.17) is 4.74 Å². The molecule has 1 heterocycles. The minimum atomic E-state index is -0.877. The van der Waals surface area contributed by atoms with Gasteiger partial charge in [-0.3, -0.25) is 9.69 Å². The van der Waals surface area contributed by atoms with Gasteiger partial charge in [-0.1, -0.05) is 0 Å². The third-order valence-electron chi connectivity index (χ3n) is 3.53. The molecule has 0 amide bonds. The Kier molecular flexibility index (Phi) is 3.96. The van der Waals surface area contributed by atoms with Crippen molar-refractivity contribution >= 4 is 5.78 Å². The number of ether oxygens (including phenoxy) is 1. The number of carbonyl (C=O) groups is 1. The largest absolute Gasteiger partial charge is 0.379 e. The van der Waals surface area contributed by atoms with Crippen LogP contribution in [0.5, 0.6) is 0 Å². The van der Waals surface area contributed by atoms with Crippen molar-refractivity contribution in [1.29, 1.82) is 0 Å². The maximum atomic E-state index is 13.7. The first-order valence-corrected chi connectivity index (χ1v) is 6.25. The number of carbonyl (C=O) groups excluding carboxylic acids is 1. The first kappa shape index (κ1) is 14.1. The van der Waals surface area contributed by atoms with Crippen LogP contribution in [0.15, 0.2) is 18.2 Å². The molecule has 0 saturated carbocycles. The standard InChI is InChI=1S/C14H17F2NO2/c1-14(2,17-5-7-19-8-6-17)13(18)11-9-10(15)3-4-12(11)16/h3-4,9H,5-8H2,1-2H3. The maximum absolute atomic E-state index is 13.7. The van der Waals surface area contributed by atoms with Crippen LogP contribution in [0.4, 0.5) is 8.78 Å². The molecular formula is C14H17F2NO2. The number of nitrogens with zero attached hydrogens (tertiary/aromatic N) is 1. The van der Waals surface area contributed by atoms with Gasteiger partial charge in [0.05, 0.1) is 24.3 Å². The molecule has 1 aromatic carbocycles. The molecule has 1 saturated heterocycles. The molecule has 0 spiro atoms. The lowest BCUT2D eigenvalue weighted by Gasteiger charge is -2.39. The molecule has 1 aliphatic heterocycles. The lowest BCUT2D eigenvalue weighted by Crippen LogP contribution is -2.54.